The summed E-state index contributed by atoms with van der Waals surface area (Å²) in [5, 5.41) is 0. The molecule has 3 rings (SSSR count). The van der Waals surface area contributed by atoms with Crippen LogP contribution in [0, 0.1) is 24.7 Å². The number of aryl methyl sites for hydroxylation is 1. The summed E-state index contributed by atoms with van der Waals surface area (Å²) in [5.41, 5.74) is -1.03. The Hall–Kier alpha value is -2.34. The molecule has 2 heterocycles. The van der Waals surface area contributed by atoms with Crippen molar-refractivity contribution in [3.8, 4) is 0 Å². The molecule has 0 spiro atoms. The number of nitrogens with zero attached hydrogens (tertiary/aromatic N) is 1. The number of piperidine rings is 1. The van der Waals surface area contributed by atoms with Crippen LogP contribution in [0.2, 0.25) is 0 Å². The van der Waals surface area contributed by atoms with Gasteiger partial charge in [-0.05, 0) is 59.1 Å². The van der Waals surface area contributed by atoms with E-state index in [9.17, 15) is 22.8 Å². The molecule has 0 saturated carbocycles. The average Bonchev–Trinajstić information content (AvgIpc) is 3.17. The highest BCUT2D eigenvalue weighted by Crippen LogP contribution is 2.55. The lowest BCUT2D eigenvalue weighted by Crippen LogP contribution is -2.68. The van der Waals surface area contributed by atoms with Crippen LogP contribution in [0.5, 0.6) is 0 Å². The predicted octanol–water partition coefficient (Wildman–Crippen LogP) is 4.67. The maximum Gasteiger partial charge on any atom is 0.411 e. The Morgan fingerprint density at radius 3 is 2.44 bits per heavy atom. The smallest absolute Gasteiger partial charge is 0.411 e. The summed E-state index contributed by atoms with van der Waals surface area (Å²) >= 11 is 0. The van der Waals surface area contributed by atoms with E-state index in [-0.39, 0.29) is 30.5 Å². The van der Waals surface area contributed by atoms with Crippen LogP contribution in [0.3, 0.4) is 0 Å². The van der Waals surface area contributed by atoms with Crippen molar-refractivity contribution in [2.45, 2.75) is 102 Å². The quantitative estimate of drug-likeness (QED) is 0.182. The number of Topliss-reactive ketones (excluding diaryl/α,β-unsaturated/α-hetero) is 1. The number of fused-ring (bicyclic) bond motifs is 2. The normalized spacial score (nSPS) is 27.1. The van der Waals surface area contributed by atoms with Gasteiger partial charge in [-0.25, -0.2) is 4.79 Å². The molecule has 1 aromatic carbocycles. The van der Waals surface area contributed by atoms with E-state index in [2.05, 4.69) is 0 Å². The molecule has 0 aliphatic carbocycles. The number of ketones is 1. The minimum Gasteiger partial charge on any atom is -0.444 e. The number of amides is 1. The standard InChI is InChI=1S/C30H45NO9S/c1-8-9-15-30-23(14-16-39-41(35,36)22-12-10-20(2)11-13-22)27(33)26(21(3)18-32)24(17-25(30)38-19-37-7)31(30)28(34)40-29(4,5)6/h10-13,18,21,23-26H,8-9,14-17,19H2,1-7H3/t21-,23?,24?,25?,26?,30?/m1/s1. The first-order chi connectivity index (χ1) is 19.2. The van der Waals surface area contributed by atoms with Crippen LogP contribution >= 0.6 is 0 Å². The van der Waals surface area contributed by atoms with Crippen molar-refractivity contribution in [2.24, 2.45) is 17.8 Å². The van der Waals surface area contributed by atoms with Gasteiger partial charge in [0.2, 0.25) is 0 Å². The van der Waals surface area contributed by atoms with E-state index in [0.717, 1.165) is 18.3 Å². The van der Waals surface area contributed by atoms with E-state index in [1.165, 1.54) is 19.2 Å². The second-order valence-corrected chi connectivity index (χ2v) is 13.8. The maximum absolute atomic E-state index is 14.3. The van der Waals surface area contributed by atoms with Crippen molar-refractivity contribution in [1.82, 2.24) is 4.90 Å². The van der Waals surface area contributed by atoms with E-state index in [1.807, 2.05) is 13.8 Å². The lowest BCUT2D eigenvalue weighted by atomic mass is 9.66. The number of hydrogen-bond acceptors (Lipinski definition) is 9. The second kappa shape index (κ2) is 13.3. The van der Waals surface area contributed by atoms with Gasteiger partial charge in [0.1, 0.15) is 24.5 Å². The van der Waals surface area contributed by atoms with Gasteiger partial charge in [-0.3, -0.25) is 13.9 Å². The zero-order valence-electron chi connectivity index (χ0n) is 25.3. The van der Waals surface area contributed by atoms with Crippen molar-refractivity contribution >= 4 is 28.3 Å². The molecule has 2 bridgehead atoms. The number of carbonyl (C=O) groups excluding carboxylic acids is 3. The summed E-state index contributed by atoms with van der Waals surface area (Å²) in [7, 11) is -2.59. The Kier molecular flexibility index (Phi) is 10.8. The molecule has 41 heavy (non-hydrogen) atoms. The molecule has 1 aromatic rings. The van der Waals surface area contributed by atoms with Gasteiger partial charge in [-0.2, -0.15) is 8.42 Å². The van der Waals surface area contributed by atoms with Crippen LogP contribution in [0.15, 0.2) is 29.2 Å². The van der Waals surface area contributed by atoms with Crippen LogP contribution in [-0.2, 0) is 38.1 Å². The molecule has 0 radical (unpaired) electrons. The third kappa shape index (κ3) is 7.01. The van der Waals surface area contributed by atoms with Crippen molar-refractivity contribution in [3.63, 3.8) is 0 Å². The lowest BCUT2D eigenvalue weighted by Gasteiger charge is -2.53. The SMILES string of the molecule is CCCCC12C(OCOC)CC(C([C@H](C)C=O)C(=O)C1CCOS(=O)(=O)c1ccc(C)cc1)N2C(=O)OC(C)(C)C. The largest absolute Gasteiger partial charge is 0.444 e. The van der Waals surface area contributed by atoms with Gasteiger partial charge in [-0.1, -0.05) is 44.4 Å². The number of unbranched alkanes of at least 4 members (excludes halogenated alkanes) is 1. The predicted molar refractivity (Wildman–Crippen MR) is 152 cm³/mol. The van der Waals surface area contributed by atoms with Crippen LogP contribution in [0.25, 0.3) is 0 Å². The second-order valence-electron chi connectivity index (χ2n) is 12.2. The number of benzene rings is 1. The fourth-order valence-corrected chi connectivity index (χ4v) is 7.31. The van der Waals surface area contributed by atoms with Gasteiger partial charge in [0.25, 0.3) is 10.1 Å². The Morgan fingerprint density at radius 1 is 1.22 bits per heavy atom. The van der Waals surface area contributed by atoms with Crippen LogP contribution in [0.4, 0.5) is 4.79 Å². The number of ether oxygens (including phenoxy) is 3. The van der Waals surface area contributed by atoms with Gasteiger partial charge in [-0.15, -0.1) is 0 Å². The van der Waals surface area contributed by atoms with Gasteiger partial charge < -0.3 is 19.0 Å². The van der Waals surface area contributed by atoms with Crippen molar-refractivity contribution in [3.05, 3.63) is 29.8 Å². The third-order valence-electron chi connectivity index (χ3n) is 8.13. The van der Waals surface area contributed by atoms with Crippen LogP contribution in [-0.4, -0.2) is 75.3 Å². The summed E-state index contributed by atoms with van der Waals surface area (Å²) < 4.78 is 48.6. The van der Waals surface area contributed by atoms with E-state index < -0.39 is 57.3 Å². The van der Waals surface area contributed by atoms with Crippen LogP contribution < -0.4 is 0 Å². The molecule has 10 nitrogen and oxygen atoms in total. The molecule has 2 aliphatic rings. The molecule has 2 fully saturated rings. The van der Waals surface area contributed by atoms with Crippen molar-refractivity contribution < 1.29 is 41.2 Å². The molecule has 2 aliphatic heterocycles. The molecular formula is C30H45NO9S. The highest BCUT2D eigenvalue weighted by Gasteiger charge is 2.68. The zero-order valence-corrected chi connectivity index (χ0v) is 26.1. The molecule has 6 atom stereocenters. The molecule has 2 saturated heterocycles. The average molecular weight is 596 g/mol. The molecule has 230 valence electrons. The fraction of sp³-hybridized carbons (Fsp3) is 0.700. The monoisotopic (exact) mass is 595 g/mol. The van der Waals surface area contributed by atoms with Gasteiger partial charge in [0.15, 0.2) is 0 Å². The van der Waals surface area contributed by atoms with Gasteiger partial charge in [0.05, 0.1) is 23.1 Å². The Morgan fingerprint density at radius 2 is 1.88 bits per heavy atom. The Balaban J connectivity index is 2.08. The first-order valence-electron chi connectivity index (χ1n) is 14.3. The highest BCUT2D eigenvalue weighted by atomic mass is 32.2. The first-order valence-corrected chi connectivity index (χ1v) is 15.7. The van der Waals surface area contributed by atoms with Crippen LogP contribution in [0.1, 0.15) is 72.3 Å². The zero-order chi connectivity index (χ0) is 30.6. The van der Waals surface area contributed by atoms with E-state index in [1.54, 1.807) is 44.7 Å². The lowest BCUT2D eigenvalue weighted by molar-refractivity contribution is -0.159. The topological polar surface area (TPSA) is 126 Å². The number of hydrogen-bond donors (Lipinski definition) is 0. The Labute approximate surface area is 244 Å². The number of carbonyl (C=O) groups is 3. The minimum atomic E-state index is -4.09. The van der Waals surface area contributed by atoms with Crippen molar-refractivity contribution in [2.75, 3.05) is 20.5 Å². The summed E-state index contributed by atoms with van der Waals surface area (Å²) in [6, 6.07) is 5.69. The summed E-state index contributed by atoms with van der Waals surface area (Å²) in [6.45, 7) is 10.5. The highest BCUT2D eigenvalue weighted by molar-refractivity contribution is 7.86. The maximum atomic E-state index is 14.3. The third-order valence-corrected chi connectivity index (χ3v) is 9.45. The van der Waals surface area contributed by atoms with E-state index in [4.69, 9.17) is 18.4 Å². The molecule has 0 aromatic heterocycles. The fourth-order valence-electron chi connectivity index (χ4n) is 6.39. The Bertz CT molecular complexity index is 1180. The van der Waals surface area contributed by atoms with Gasteiger partial charge in [0, 0.05) is 30.9 Å². The first kappa shape index (κ1) is 33.2. The molecule has 5 unspecified atom stereocenters. The number of aldehydes is 1. The summed E-state index contributed by atoms with van der Waals surface area (Å²) in [6.07, 6.45) is 1.77. The summed E-state index contributed by atoms with van der Waals surface area (Å²) in [4.78, 5) is 41.9. The van der Waals surface area contributed by atoms with Crippen molar-refractivity contribution in [1.29, 1.82) is 0 Å². The number of methoxy groups -OCH3 is 1. The molecule has 11 heteroatoms. The minimum absolute atomic E-state index is 0.00851. The summed E-state index contributed by atoms with van der Waals surface area (Å²) in [5.74, 6) is -2.53. The number of rotatable bonds is 13. The van der Waals surface area contributed by atoms with E-state index >= 15 is 0 Å². The van der Waals surface area contributed by atoms with E-state index in [0.29, 0.717) is 19.3 Å². The van der Waals surface area contributed by atoms with Gasteiger partial charge >= 0.3 is 6.09 Å². The molecule has 0 N–H and O–H groups in total. The molecular weight excluding hydrogens is 550 g/mol. The molecule has 1 amide bonds.